The van der Waals surface area contributed by atoms with Crippen LogP contribution in [0.15, 0.2) is 18.2 Å². The number of nitrogens with one attached hydrogen (secondary N) is 1. The maximum Gasteiger partial charge on any atom is 0.387 e. The molecule has 0 radical (unpaired) electrons. The number of hydrogen-bond donors (Lipinski definition) is 2. The lowest BCUT2D eigenvalue weighted by Crippen LogP contribution is -2.44. The zero-order valence-electron chi connectivity index (χ0n) is 13.2. The molecule has 1 fully saturated rings. The van der Waals surface area contributed by atoms with E-state index < -0.39 is 12.2 Å². The van der Waals surface area contributed by atoms with Crippen LogP contribution in [0.1, 0.15) is 25.3 Å². The average molecular weight is 331 g/mol. The minimum absolute atomic E-state index is 0.0219. The molecule has 1 heterocycles. The molecule has 0 amide bonds. The van der Waals surface area contributed by atoms with E-state index in [9.17, 15) is 13.9 Å². The largest absolute Gasteiger partial charge is 0.490 e. The molecule has 7 heteroatoms. The van der Waals surface area contributed by atoms with Crippen LogP contribution in [0.3, 0.4) is 0 Å². The van der Waals surface area contributed by atoms with Crippen LogP contribution < -0.4 is 14.8 Å². The average Bonchev–Trinajstić information content (AvgIpc) is 2.50. The van der Waals surface area contributed by atoms with E-state index in [1.807, 2.05) is 0 Å². The molecule has 1 aromatic carbocycles. The molecule has 130 valence electrons. The van der Waals surface area contributed by atoms with Crippen LogP contribution >= 0.6 is 0 Å². The van der Waals surface area contributed by atoms with Crippen molar-refractivity contribution in [2.45, 2.75) is 38.5 Å². The first-order chi connectivity index (χ1) is 11.0. The third kappa shape index (κ3) is 5.60. The smallest absolute Gasteiger partial charge is 0.387 e. The molecule has 1 aliphatic rings. The fourth-order valence-electron chi connectivity index (χ4n) is 2.49. The molecule has 0 aliphatic carbocycles. The Kier molecular flexibility index (Phi) is 6.56. The molecule has 0 saturated carbocycles. The summed E-state index contributed by atoms with van der Waals surface area (Å²) in [7, 11) is 0. The van der Waals surface area contributed by atoms with Crippen LogP contribution in [0.2, 0.25) is 0 Å². The van der Waals surface area contributed by atoms with Crippen molar-refractivity contribution in [2.24, 2.45) is 0 Å². The standard InChI is InChI=1S/C16H23F2NO4/c1-2-22-14-9-12(3-4-13(14)23-15(17)18)10-19-11-16(20)5-7-21-8-6-16/h3-4,9,15,19-20H,2,5-8,10-11H2,1H3. The number of benzene rings is 1. The Balaban J connectivity index is 1.92. The summed E-state index contributed by atoms with van der Waals surface area (Å²) >= 11 is 0. The lowest BCUT2D eigenvalue weighted by Gasteiger charge is -2.32. The lowest BCUT2D eigenvalue weighted by atomic mass is 9.94. The number of halogens is 2. The van der Waals surface area contributed by atoms with Crippen LogP contribution in [-0.4, -0.2) is 43.7 Å². The summed E-state index contributed by atoms with van der Waals surface area (Å²) in [6.45, 7) is 1.32. The minimum Gasteiger partial charge on any atom is -0.490 e. The maximum atomic E-state index is 12.4. The van der Waals surface area contributed by atoms with Crippen LogP contribution in [0.4, 0.5) is 8.78 Å². The Labute approximate surface area is 134 Å². The number of alkyl halides is 2. The Bertz CT molecular complexity index is 493. The third-order valence-electron chi connectivity index (χ3n) is 3.73. The highest BCUT2D eigenvalue weighted by molar-refractivity contribution is 5.43. The van der Waals surface area contributed by atoms with Crippen molar-refractivity contribution in [1.29, 1.82) is 0 Å². The van der Waals surface area contributed by atoms with Gasteiger partial charge in [-0.25, -0.2) is 0 Å². The van der Waals surface area contributed by atoms with Crippen molar-refractivity contribution in [3.05, 3.63) is 23.8 Å². The van der Waals surface area contributed by atoms with Gasteiger partial charge in [-0.15, -0.1) is 0 Å². The van der Waals surface area contributed by atoms with Crippen molar-refractivity contribution < 1.29 is 28.1 Å². The monoisotopic (exact) mass is 331 g/mol. The molecule has 0 atom stereocenters. The Morgan fingerprint density at radius 2 is 2.04 bits per heavy atom. The van der Waals surface area contributed by atoms with Crippen LogP contribution in [0, 0.1) is 0 Å². The van der Waals surface area contributed by atoms with Gasteiger partial charge >= 0.3 is 6.61 Å². The molecule has 2 N–H and O–H groups in total. The van der Waals surface area contributed by atoms with Crippen LogP contribution in [0.25, 0.3) is 0 Å². The first-order valence-electron chi connectivity index (χ1n) is 7.74. The lowest BCUT2D eigenvalue weighted by molar-refractivity contribution is -0.0617. The Morgan fingerprint density at radius 1 is 1.30 bits per heavy atom. The van der Waals surface area contributed by atoms with Crippen molar-refractivity contribution in [3.8, 4) is 11.5 Å². The van der Waals surface area contributed by atoms with Crippen molar-refractivity contribution in [1.82, 2.24) is 5.32 Å². The fraction of sp³-hybridized carbons (Fsp3) is 0.625. The summed E-state index contributed by atoms with van der Waals surface area (Å²) in [5, 5.41) is 13.6. The van der Waals surface area contributed by atoms with Gasteiger partial charge in [0.15, 0.2) is 11.5 Å². The van der Waals surface area contributed by atoms with Crippen LogP contribution in [0.5, 0.6) is 11.5 Å². The van der Waals surface area contributed by atoms with E-state index in [1.54, 1.807) is 19.1 Å². The highest BCUT2D eigenvalue weighted by Crippen LogP contribution is 2.30. The minimum atomic E-state index is -2.89. The van der Waals surface area contributed by atoms with E-state index in [4.69, 9.17) is 9.47 Å². The predicted octanol–water partition coefficient (Wildman–Crippen LogP) is 2.32. The van der Waals surface area contributed by atoms with Gasteiger partial charge in [0.25, 0.3) is 0 Å². The zero-order valence-corrected chi connectivity index (χ0v) is 13.2. The molecular formula is C16H23F2NO4. The Hall–Kier alpha value is -1.44. The SMILES string of the molecule is CCOc1cc(CNCC2(O)CCOCC2)ccc1OC(F)F. The highest BCUT2D eigenvalue weighted by Gasteiger charge is 2.29. The van der Waals surface area contributed by atoms with Gasteiger partial charge in [0.1, 0.15) is 0 Å². The van der Waals surface area contributed by atoms with Crippen molar-refractivity contribution in [2.75, 3.05) is 26.4 Å². The molecule has 1 aromatic rings. The van der Waals surface area contributed by atoms with E-state index in [2.05, 4.69) is 10.1 Å². The van der Waals surface area contributed by atoms with E-state index >= 15 is 0 Å². The van der Waals surface area contributed by atoms with Crippen molar-refractivity contribution in [3.63, 3.8) is 0 Å². The zero-order chi connectivity index (χ0) is 16.7. The summed E-state index contributed by atoms with van der Waals surface area (Å²) in [5.74, 6) is 0.311. The highest BCUT2D eigenvalue weighted by atomic mass is 19.3. The molecule has 0 unspecified atom stereocenters. The van der Waals surface area contributed by atoms with Gasteiger partial charge in [-0.2, -0.15) is 8.78 Å². The first kappa shape index (κ1) is 17.9. The summed E-state index contributed by atoms with van der Waals surface area (Å²) in [4.78, 5) is 0. The summed E-state index contributed by atoms with van der Waals surface area (Å²) in [6.07, 6.45) is 1.21. The molecular weight excluding hydrogens is 308 g/mol. The van der Waals surface area contributed by atoms with E-state index in [0.717, 1.165) is 5.56 Å². The van der Waals surface area contributed by atoms with Gasteiger partial charge in [0, 0.05) is 39.1 Å². The number of aliphatic hydroxyl groups is 1. The van der Waals surface area contributed by atoms with Gasteiger partial charge in [0.05, 0.1) is 12.2 Å². The summed E-state index contributed by atoms with van der Waals surface area (Å²) in [6, 6.07) is 4.83. The molecule has 0 aromatic heterocycles. The van der Waals surface area contributed by atoms with Gasteiger partial charge in [-0.05, 0) is 24.6 Å². The number of ether oxygens (including phenoxy) is 3. The topological polar surface area (TPSA) is 60.0 Å². The fourth-order valence-corrected chi connectivity index (χ4v) is 2.49. The van der Waals surface area contributed by atoms with Gasteiger partial charge in [-0.1, -0.05) is 6.07 Å². The third-order valence-corrected chi connectivity index (χ3v) is 3.73. The molecule has 23 heavy (non-hydrogen) atoms. The van der Waals surface area contributed by atoms with Gasteiger partial charge in [-0.3, -0.25) is 0 Å². The van der Waals surface area contributed by atoms with Crippen LogP contribution in [-0.2, 0) is 11.3 Å². The number of hydrogen-bond acceptors (Lipinski definition) is 5. The quantitative estimate of drug-likeness (QED) is 0.765. The molecule has 1 saturated heterocycles. The second kappa shape index (κ2) is 8.42. The molecule has 0 spiro atoms. The van der Waals surface area contributed by atoms with Gasteiger partial charge < -0.3 is 24.6 Å². The maximum absolute atomic E-state index is 12.4. The van der Waals surface area contributed by atoms with E-state index in [-0.39, 0.29) is 11.5 Å². The molecule has 2 rings (SSSR count). The summed E-state index contributed by atoms with van der Waals surface area (Å²) < 4.78 is 39.7. The first-order valence-corrected chi connectivity index (χ1v) is 7.74. The van der Waals surface area contributed by atoms with E-state index in [0.29, 0.717) is 45.8 Å². The van der Waals surface area contributed by atoms with Crippen molar-refractivity contribution >= 4 is 0 Å². The van der Waals surface area contributed by atoms with Gasteiger partial charge in [0.2, 0.25) is 0 Å². The second-order valence-corrected chi connectivity index (χ2v) is 5.53. The molecule has 1 aliphatic heterocycles. The van der Waals surface area contributed by atoms with E-state index in [1.165, 1.54) is 6.07 Å². The summed E-state index contributed by atoms with van der Waals surface area (Å²) in [5.41, 5.74) is 0.116. The second-order valence-electron chi connectivity index (χ2n) is 5.53. The normalized spacial score (nSPS) is 17.3. The Morgan fingerprint density at radius 3 is 2.70 bits per heavy atom. The predicted molar refractivity (Wildman–Crippen MR) is 81.0 cm³/mol. The number of rotatable bonds is 8. The molecule has 0 bridgehead atoms. The molecule has 5 nitrogen and oxygen atoms in total.